The summed E-state index contributed by atoms with van der Waals surface area (Å²) in [5.74, 6) is -0.703. The molecule has 0 unspecified atom stereocenters. The summed E-state index contributed by atoms with van der Waals surface area (Å²) in [4.78, 5) is 40.5. The van der Waals surface area contributed by atoms with Gasteiger partial charge in [-0.2, -0.15) is 0 Å². The predicted octanol–water partition coefficient (Wildman–Crippen LogP) is 5.71. The predicted molar refractivity (Wildman–Crippen MR) is 129 cm³/mol. The van der Waals surface area contributed by atoms with Gasteiger partial charge in [-0.15, -0.1) is 24.9 Å². The average molecular weight is 525 g/mol. The first kappa shape index (κ1) is 27.4. The van der Waals surface area contributed by atoms with Crippen molar-refractivity contribution in [1.82, 2.24) is 5.32 Å². The Hall–Kier alpha value is -3.21. The van der Waals surface area contributed by atoms with Gasteiger partial charge in [-0.1, -0.05) is 25.1 Å². The summed E-state index contributed by atoms with van der Waals surface area (Å²) in [5.41, 5.74) is 0.679. The molecule has 1 atom stereocenters. The lowest BCUT2D eigenvalue weighted by Gasteiger charge is -2.27. The largest absolute Gasteiger partial charge is 0.573 e. The van der Waals surface area contributed by atoms with Crippen molar-refractivity contribution in [1.29, 1.82) is 0 Å². The van der Waals surface area contributed by atoms with Crippen molar-refractivity contribution < 1.29 is 37.0 Å². The fraction of sp³-hybridized carbons (Fsp3) is 0.400. The van der Waals surface area contributed by atoms with E-state index in [-0.39, 0.29) is 30.3 Å². The number of carbonyl (C=O) groups excluding carboxylic acids is 3. The van der Waals surface area contributed by atoms with Crippen LogP contribution in [0.1, 0.15) is 50.0 Å². The van der Waals surface area contributed by atoms with Crippen LogP contribution >= 0.6 is 11.8 Å². The zero-order chi connectivity index (χ0) is 26.7. The molecule has 0 radical (unpaired) electrons. The third-order valence-electron chi connectivity index (χ3n) is 5.05. The number of nitrogens with zero attached hydrogens (tertiary/aromatic N) is 1. The molecule has 11 heteroatoms. The van der Waals surface area contributed by atoms with Crippen LogP contribution in [0.5, 0.6) is 5.75 Å². The fourth-order valence-electron chi connectivity index (χ4n) is 3.47. The summed E-state index contributed by atoms with van der Waals surface area (Å²) >= 11 is 1.34. The van der Waals surface area contributed by atoms with Crippen LogP contribution in [0.25, 0.3) is 0 Å². The Morgan fingerprint density at radius 3 is 2.36 bits per heavy atom. The molecule has 0 aromatic heterocycles. The van der Waals surface area contributed by atoms with E-state index in [1.165, 1.54) is 28.8 Å². The maximum absolute atomic E-state index is 13.6. The van der Waals surface area contributed by atoms with Crippen LogP contribution < -0.4 is 15.0 Å². The van der Waals surface area contributed by atoms with Gasteiger partial charge in [-0.05, 0) is 50.6 Å². The van der Waals surface area contributed by atoms with Crippen molar-refractivity contribution in [3.05, 3.63) is 53.6 Å². The SMILES string of the molecule is CCC(=O)c1ccc2c(c1)N(Cc1ccc(OC(F)(F)F)cc1)C(=O)[C@@H](NC(=O)OC(C)(C)C)CS2. The fourth-order valence-corrected chi connectivity index (χ4v) is 4.53. The minimum absolute atomic E-state index is 0.00500. The van der Waals surface area contributed by atoms with Gasteiger partial charge in [-0.3, -0.25) is 9.59 Å². The number of alkyl carbamates (subject to hydrolysis) is 1. The number of hydrogen-bond donors (Lipinski definition) is 1. The Balaban J connectivity index is 1.94. The molecule has 1 N–H and O–H groups in total. The van der Waals surface area contributed by atoms with E-state index in [0.29, 0.717) is 16.8 Å². The normalized spacial score (nSPS) is 16.1. The quantitative estimate of drug-likeness (QED) is 0.488. The highest BCUT2D eigenvalue weighted by Gasteiger charge is 2.34. The maximum atomic E-state index is 13.6. The number of halogens is 3. The van der Waals surface area contributed by atoms with Crippen LogP contribution in [0, 0.1) is 0 Å². The Kier molecular flexibility index (Phi) is 8.22. The van der Waals surface area contributed by atoms with E-state index in [2.05, 4.69) is 10.1 Å². The van der Waals surface area contributed by atoms with Gasteiger partial charge in [0, 0.05) is 22.6 Å². The van der Waals surface area contributed by atoms with Gasteiger partial charge >= 0.3 is 12.5 Å². The molecule has 2 amide bonds. The number of ketones is 1. The smallest absolute Gasteiger partial charge is 0.444 e. The second-order valence-electron chi connectivity index (χ2n) is 9.09. The Bertz CT molecular complexity index is 1130. The standard InChI is InChI=1S/C25H27F3N2O5S/c1-5-20(31)16-8-11-21-19(12-16)30(13-15-6-9-17(10-7-15)34-25(26,27)28)22(32)18(14-36-21)29-23(33)35-24(2,3)4/h6-12,18H,5,13-14H2,1-4H3,(H,29,33)/t18-/m0/s1. The Labute approximate surface area is 211 Å². The zero-order valence-electron chi connectivity index (χ0n) is 20.3. The second-order valence-corrected chi connectivity index (χ2v) is 10.1. The summed E-state index contributed by atoms with van der Waals surface area (Å²) in [7, 11) is 0. The summed E-state index contributed by atoms with van der Waals surface area (Å²) in [6, 6.07) is 9.29. The Morgan fingerprint density at radius 1 is 1.11 bits per heavy atom. The van der Waals surface area contributed by atoms with Crippen molar-refractivity contribution in [3.63, 3.8) is 0 Å². The lowest BCUT2D eigenvalue weighted by atomic mass is 10.1. The number of nitrogens with one attached hydrogen (secondary N) is 1. The molecule has 0 saturated heterocycles. The molecule has 1 aliphatic heterocycles. The molecule has 36 heavy (non-hydrogen) atoms. The van der Waals surface area contributed by atoms with Gasteiger partial charge in [0.2, 0.25) is 0 Å². The van der Waals surface area contributed by atoms with Crippen molar-refractivity contribution in [3.8, 4) is 5.75 Å². The molecule has 1 aliphatic rings. The molecule has 0 bridgehead atoms. The molecule has 194 valence electrons. The minimum Gasteiger partial charge on any atom is -0.444 e. The summed E-state index contributed by atoms with van der Waals surface area (Å²) in [5, 5.41) is 2.61. The summed E-state index contributed by atoms with van der Waals surface area (Å²) in [6.07, 6.45) is -5.28. The number of fused-ring (bicyclic) bond motifs is 1. The van der Waals surface area contributed by atoms with E-state index in [0.717, 1.165) is 17.0 Å². The number of alkyl halides is 3. The topological polar surface area (TPSA) is 84.9 Å². The van der Waals surface area contributed by atoms with Gasteiger partial charge in [-0.25, -0.2) is 4.79 Å². The summed E-state index contributed by atoms with van der Waals surface area (Å²) in [6.45, 7) is 6.84. The van der Waals surface area contributed by atoms with Gasteiger partial charge < -0.3 is 19.7 Å². The number of carbonyl (C=O) groups is 3. The molecule has 0 spiro atoms. The summed E-state index contributed by atoms with van der Waals surface area (Å²) < 4.78 is 46.7. The lowest BCUT2D eigenvalue weighted by Crippen LogP contribution is -2.50. The van der Waals surface area contributed by atoms with Crippen LogP contribution in [0.4, 0.5) is 23.7 Å². The van der Waals surface area contributed by atoms with E-state index in [4.69, 9.17) is 4.74 Å². The number of benzene rings is 2. The van der Waals surface area contributed by atoms with Crippen LogP contribution in [-0.2, 0) is 16.1 Å². The number of anilines is 1. The average Bonchev–Trinajstić information content (AvgIpc) is 2.89. The van der Waals surface area contributed by atoms with Gasteiger partial charge in [0.15, 0.2) is 5.78 Å². The number of hydrogen-bond acceptors (Lipinski definition) is 6. The third kappa shape index (κ3) is 7.39. The molecular weight excluding hydrogens is 497 g/mol. The highest BCUT2D eigenvalue weighted by Crippen LogP contribution is 2.37. The Morgan fingerprint density at radius 2 is 1.78 bits per heavy atom. The van der Waals surface area contributed by atoms with Crippen molar-refractivity contribution in [2.24, 2.45) is 0 Å². The molecule has 0 saturated carbocycles. The van der Waals surface area contributed by atoms with E-state index >= 15 is 0 Å². The second kappa shape index (κ2) is 10.8. The monoisotopic (exact) mass is 524 g/mol. The molecule has 7 nitrogen and oxygen atoms in total. The van der Waals surface area contributed by atoms with Gasteiger partial charge in [0.05, 0.1) is 12.2 Å². The number of amides is 2. The molecule has 3 rings (SSSR count). The van der Waals surface area contributed by atoms with E-state index in [9.17, 15) is 27.6 Å². The minimum atomic E-state index is -4.82. The number of ether oxygens (including phenoxy) is 2. The van der Waals surface area contributed by atoms with Crippen LogP contribution in [0.3, 0.4) is 0 Å². The first-order valence-corrected chi connectivity index (χ1v) is 12.2. The van der Waals surface area contributed by atoms with Gasteiger partial charge in [0.1, 0.15) is 17.4 Å². The van der Waals surface area contributed by atoms with Crippen LogP contribution in [-0.4, -0.2) is 41.5 Å². The maximum Gasteiger partial charge on any atom is 0.573 e. The number of Topliss-reactive ketones (excluding diaryl/α,β-unsaturated/α-hetero) is 1. The molecule has 2 aromatic carbocycles. The third-order valence-corrected chi connectivity index (χ3v) is 6.21. The molecule has 0 aliphatic carbocycles. The van der Waals surface area contributed by atoms with Crippen molar-refractivity contribution >= 4 is 35.2 Å². The van der Waals surface area contributed by atoms with Gasteiger partial charge in [0.25, 0.3) is 5.91 Å². The van der Waals surface area contributed by atoms with E-state index < -0.39 is 30.0 Å². The van der Waals surface area contributed by atoms with Crippen molar-refractivity contribution in [2.45, 2.75) is 63.6 Å². The lowest BCUT2D eigenvalue weighted by molar-refractivity contribution is -0.274. The van der Waals surface area contributed by atoms with Crippen molar-refractivity contribution in [2.75, 3.05) is 10.7 Å². The number of thioether (sulfide) groups is 1. The first-order chi connectivity index (χ1) is 16.8. The van der Waals surface area contributed by atoms with E-state index in [1.54, 1.807) is 45.9 Å². The van der Waals surface area contributed by atoms with E-state index in [1.807, 2.05) is 0 Å². The highest BCUT2D eigenvalue weighted by molar-refractivity contribution is 7.99. The van der Waals surface area contributed by atoms with Crippen LogP contribution in [0.15, 0.2) is 47.4 Å². The first-order valence-electron chi connectivity index (χ1n) is 11.2. The zero-order valence-corrected chi connectivity index (χ0v) is 21.1. The molecule has 0 fully saturated rings. The molecule has 2 aromatic rings. The highest BCUT2D eigenvalue weighted by atomic mass is 32.2. The molecular formula is C25H27F3N2O5S. The molecule has 1 heterocycles. The van der Waals surface area contributed by atoms with Crippen LogP contribution in [0.2, 0.25) is 0 Å². The number of rotatable bonds is 6.